The Labute approximate surface area is 148 Å². The van der Waals surface area contributed by atoms with Gasteiger partial charge in [-0.15, -0.1) is 0 Å². The molecule has 1 N–H and O–H groups in total. The van der Waals surface area contributed by atoms with Gasteiger partial charge >= 0.3 is 5.97 Å². The molecule has 1 unspecified atom stereocenters. The molecule has 0 aliphatic heterocycles. The van der Waals surface area contributed by atoms with Crippen molar-refractivity contribution in [2.45, 2.75) is 25.7 Å². The van der Waals surface area contributed by atoms with E-state index in [2.05, 4.69) is 0 Å². The van der Waals surface area contributed by atoms with Crippen LogP contribution in [0.5, 0.6) is 17.2 Å². The molecular formula is C20H24O5. The van der Waals surface area contributed by atoms with Gasteiger partial charge in [-0.1, -0.05) is 25.1 Å². The van der Waals surface area contributed by atoms with E-state index in [1.165, 1.54) is 7.11 Å². The maximum Gasteiger partial charge on any atom is 0.311 e. The highest BCUT2D eigenvalue weighted by molar-refractivity contribution is 5.78. The van der Waals surface area contributed by atoms with E-state index in [4.69, 9.17) is 14.2 Å². The summed E-state index contributed by atoms with van der Waals surface area (Å²) in [5.41, 5.74) is 1.55. The van der Waals surface area contributed by atoms with E-state index in [0.717, 1.165) is 17.7 Å². The first-order valence-electron chi connectivity index (χ1n) is 8.25. The number of carboxylic acid groups (broad SMARTS) is 1. The first kappa shape index (κ1) is 18.6. The Bertz CT molecular complexity index is 694. The Morgan fingerprint density at radius 3 is 2.28 bits per heavy atom. The second-order valence-corrected chi connectivity index (χ2v) is 5.70. The van der Waals surface area contributed by atoms with Gasteiger partial charge in [-0.2, -0.15) is 0 Å². The molecule has 0 saturated carbocycles. The Morgan fingerprint density at radius 1 is 1.04 bits per heavy atom. The maximum atomic E-state index is 11.8. The minimum absolute atomic E-state index is 0.367. The van der Waals surface area contributed by atoms with Crippen molar-refractivity contribution in [3.8, 4) is 17.2 Å². The molecule has 1 atom stereocenters. The highest BCUT2D eigenvalue weighted by atomic mass is 16.5. The third-order valence-corrected chi connectivity index (χ3v) is 3.95. The van der Waals surface area contributed by atoms with Crippen molar-refractivity contribution in [2.24, 2.45) is 0 Å². The van der Waals surface area contributed by atoms with Crippen molar-refractivity contribution in [1.29, 1.82) is 0 Å². The Hall–Kier alpha value is -2.69. The summed E-state index contributed by atoms with van der Waals surface area (Å²) >= 11 is 0. The average molecular weight is 344 g/mol. The van der Waals surface area contributed by atoms with E-state index >= 15 is 0 Å². The lowest BCUT2D eigenvalue weighted by atomic mass is 9.91. The predicted molar refractivity (Wildman–Crippen MR) is 95.9 cm³/mol. The molecule has 0 radical (unpaired) electrons. The summed E-state index contributed by atoms with van der Waals surface area (Å²) in [6.45, 7) is 2.72. The maximum absolute atomic E-state index is 11.8. The predicted octanol–water partition coefficient (Wildman–Crippen LogP) is 3.90. The fourth-order valence-electron chi connectivity index (χ4n) is 2.61. The number of hydrogen-bond acceptors (Lipinski definition) is 4. The second kappa shape index (κ2) is 8.97. The third kappa shape index (κ3) is 4.89. The zero-order valence-corrected chi connectivity index (χ0v) is 14.8. The minimum Gasteiger partial charge on any atom is -0.497 e. The fraction of sp³-hybridized carbons (Fsp3) is 0.350. The van der Waals surface area contributed by atoms with Gasteiger partial charge in [0.2, 0.25) is 0 Å². The van der Waals surface area contributed by atoms with Gasteiger partial charge in [0, 0.05) is 11.6 Å². The van der Waals surface area contributed by atoms with Crippen LogP contribution in [0.1, 0.15) is 30.4 Å². The van der Waals surface area contributed by atoms with E-state index in [0.29, 0.717) is 30.1 Å². The van der Waals surface area contributed by atoms with Crippen LogP contribution in [-0.2, 0) is 11.2 Å². The summed E-state index contributed by atoms with van der Waals surface area (Å²) in [5.74, 6) is 0.328. The van der Waals surface area contributed by atoms with Crippen LogP contribution in [0.15, 0.2) is 42.5 Å². The van der Waals surface area contributed by atoms with Gasteiger partial charge in [-0.3, -0.25) is 4.79 Å². The Morgan fingerprint density at radius 2 is 1.72 bits per heavy atom. The number of hydrogen-bond donors (Lipinski definition) is 1. The molecule has 0 aliphatic rings. The van der Waals surface area contributed by atoms with Crippen LogP contribution in [0.2, 0.25) is 0 Å². The van der Waals surface area contributed by atoms with Crippen molar-refractivity contribution >= 4 is 5.97 Å². The molecule has 0 aliphatic carbocycles. The van der Waals surface area contributed by atoms with Gasteiger partial charge in [-0.25, -0.2) is 0 Å². The number of ether oxygens (including phenoxy) is 3. The number of methoxy groups -OCH3 is 2. The van der Waals surface area contributed by atoms with Crippen LogP contribution < -0.4 is 14.2 Å². The molecule has 0 aromatic heterocycles. The van der Waals surface area contributed by atoms with Crippen LogP contribution in [0, 0.1) is 0 Å². The van der Waals surface area contributed by atoms with Crippen molar-refractivity contribution in [3.63, 3.8) is 0 Å². The molecule has 5 heteroatoms. The van der Waals surface area contributed by atoms with Crippen LogP contribution in [-0.4, -0.2) is 31.9 Å². The zero-order valence-electron chi connectivity index (χ0n) is 14.8. The number of benzene rings is 2. The smallest absolute Gasteiger partial charge is 0.311 e. The summed E-state index contributed by atoms with van der Waals surface area (Å²) < 4.78 is 16.1. The molecule has 25 heavy (non-hydrogen) atoms. The fourth-order valence-corrected chi connectivity index (χ4v) is 2.61. The summed E-state index contributed by atoms with van der Waals surface area (Å²) in [4.78, 5) is 11.8. The van der Waals surface area contributed by atoms with Gasteiger partial charge in [0.05, 0.1) is 26.7 Å². The molecule has 134 valence electrons. The SMILES string of the molecule is CCCOc1ccc(CC(C(=O)O)c2ccc(OC)cc2OC)cc1. The first-order valence-corrected chi connectivity index (χ1v) is 8.25. The third-order valence-electron chi connectivity index (χ3n) is 3.95. The van der Waals surface area contributed by atoms with Gasteiger partial charge in [0.15, 0.2) is 0 Å². The van der Waals surface area contributed by atoms with Crippen molar-refractivity contribution in [1.82, 2.24) is 0 Å². The van der Waals surface area contributed by atoms with Gasteiger partial charge in [-0.05, 0) is 36.6 Å². The molecule has 5 nitrogen and oxygen atoms in total. The lowest BCUT2D eigenvalue weighted by Gasteiger charge is -2.17. The van der Waals surface area contributed by atoms with Crippen LogP contribution in [0.4, 0.5) is 0 Å². The van der Waals surface area contributed by atoms with E-state index in [9.17, 15) is 9.90 Å². The molecule has 0 spiro atoms. The normalized spacial score (nSPS) is 11.6. The topological polar surface area (TPSA) is 65.0 Å². The molecule has 2 aromatic carbocycles. The number of carboxylic acids is 1. The van der Waals surface area contributed by atoms with Crippen molar-refractivity contribution in [3.05, 3.63) is 53.6 Å². The summed E-state index contributed by atoms with van der Waals surface area (Å²) in [5, 5.41) is 9.69. The van der Waals surface area contributed by atoms with Crippen molar-refractivity contribution < 1.29 is 24.1 Å². The number of carbonyl (C=O) groups is 1. The van der Waals surface area contributed by atoms with Crippen LogP contribution in [0.25, 0.3) is 0 Å². The quantitative estimate of drug-likeness (QED) is 0.747. The van der Waals surface area contributed by atoms with Gasteiger partial charge < -0.3 is 19.3 Å². The van der Waals surface area contributed by atoms with Gasteiger partial charge in [0.25, 0.3) is 0 Å². The summed E-state index contributed by atoms with van der Waals surface area (Å²) in [6, 6.07) is 12.7. The van der Waals surface area contributed by atoms with E-state index in [-0.39, 0.29) is 0 Å². The van der Waals surface area contributed by atoms with E-state index < -0.39 is 11.9 Å². The molecule has 0 bridgehead atoms. The molecule has 0 amide bonds. The Kier molecular flexibility index (Phi) is 6.69. The monoisotopic (exact) mass is 344 g/mol. The lowest BCUT2D eigenvalue weighted by molar-refractivity contribution is -0.138. The molecule has 0 saturated heterocycles. The lowest BCUT2D eigenvalue weighted by Crippen LogP contribution is -2.15. The molecule has 2 rings (SSSR count). The summed E-state index contributed by atoms with van der Waals surface area (Å²) in [6.07, 6.45) is 1.31. The van der Waals surface area contributed by atoms with E-state index in [1.807, 2.05) is 31.2 Å². The average Bonchev–Trinajstić information content (AvgIpc) is 2.64. The minimum atomic E-state index is -0.894. The zero-order chi connectivity index (χ0) is 18.2. The van der Waals surface area contributed by atoms with E-state index in [1.54, 1.807) is 25.3 Å². The standard InChI is InChI=1S/C20H24O5/c1-4-11-25-15-7-5-14(6-8-15)12-18(20(21)22)17-10-9-16(23-2)13-19(17)24-3/h5-10,13,18H,4,11-12H2,1-3H3,(H,21,22). The second-order valence-electron chi connectivity index (χ2n) is 5.70. The van der Waals surface area contributed by atoms with Crippen LogP contribution >= 0.6 is 0 Å². The van der Waals surface area contributed by atoms with Crippen molar-refractivity contribution in [2.75, 3.05) is 20.8 Å². The molecule has 0 fully saturated rings. The number of aliphatic carboxylic acids is 1. The highest BCUT2D eigenvalue weighted by Gasteiger charge is 2.24. The highest BCUT2D eigenvalue weighted by Crippen LogP contribution is 2.33. The van der Waals surface area contributed by atoms with Gasteiger partial charge in [0.1, 0.15) is 17.2 Å². The molecule has 2 aromatic rings. The largest absolute Gasteiger partial charge is 0.497 e. The van der Waals surface area contributed by atoms with Crippen LogP contribution in [0.3, 0.4) is 0 Å². The Balaban J connectivity index is 2.23. The molecular weight excluding hydrogens is 320 g/mol. The number of rotatable bonds is 9. The first-order chi connectivity index (χ1) is 12.1. The molecule has 0 heterocycles. The summed E-state index contributed by atoms with van der Waals surface area (Å²) in [7, 11) is 3.09.